The Kier molecular flexibility index (Phi) is 6.69. The fourth-order valence-corrected chi connectivity index (χ4v) is 4.13. The van der Waals surface area contributed by atoms with Gasteiger partial charge in [-0.3, -0.25) is 4.79 Å². The third kappa shape index (κ3) is 5.11. The summed E-state index contributed by atoms with van der Waals surface area (Å²) in [5.74, 6) is 1.69. The SMILES string of the molecule is Cc1ccc(OCc2nnc(SCC(=O)Nc3nccs3)n2C(C)C)c(C)c1. The molecule has 1 amide bonds. The van der Waals surface area contributed by atoms with Gasteiger partial charge in [0.25, 0.3) is 0 Å². The highest BCUT2D eigenvalue weighted by atomic mass is 32.2. The molecule has 0 radical (unpaired) electrons. The maximum Gasteiger partial charge on any atom is 0.236 e. The van der Waals surface area contributed by atoms with Crippen LogP contribution < -0.4 is 10.1 Å². The van der Waals surface area contributed by atoms with Gasteiger partial charge < -0.3 is 14.6 Å². The van der Waals surface area contributed by atoms with Gasteiger partial charge >= 0.3 is 0 Å². The molecule has 9 heteroatoms. The molecule has 0 aliphatic carbocycles. The molecule has 0 saturated carbocycles. The molecule has 0 aliphatic rings. The van der Waals surface area contributed by atoms with Gasteiger partial charge in [0.05, 0.1) is 5.75 Å². The molecule has 0 saturated heterocycles. The number of anilines is 1. The van der Waals surface area contributed by atoms with Gasteiger partial charge in [-0.05, 0) is 39.3 Å². The maximum atomic E-state index is 12.1. The number of hydrogen-bond acceptors (Lipinski definition) is 7. The molecule has 1 N–H and O–H groups in total. The van der Waals surface area contributed by atoms with Crippen LogP contribution in [-0.2, 0) is 11.4 Å². The minimum Gasteiger partial charge on any atom is -0.485 e. The van der Waals surface area contributed by atoms with Crippen molar-refractivity contribution >= 4 is 34.1 Å². The summed E-state index contributed by atoms with van der Waals surface area (Å²) in [4.78, 5) is 16.2. The van der Waals surface area contributed by atoms with Crippen LogP contribution in [0.2, 0.25) is 0 Å². The summed E-state index contributed by atoms with van der Waals surface area (Å²) in [6, 6.07) is 6.24. The molecular weight excluding hydrogens is 394 g/mol. The smallest absolute Gasteiger partial charge is 0.236 e. The van der Waals surface area contributed by atoms with Gasteiger partial charge in [-0.1, -0.05) is 29.5 Å². The standard InChI is InChI=1S/C19H23N5O2S2/c1-12(2)24-16(10-26-15-6-5-13(3)9-14(15)4)22-23-19(24)28-11-17(25)21-18-20-7-8-27-18/h5-9,12H,10-11H2,1-4H3,(H,20,21,25). The number of thiazole rings is 1. The van der Waals surface area contributed by atoms with Crippen molar-refractivity contribution < 1.29 is 9.53 Å². The van der Waals surface area contributed by atoms with Crippen molar-refractivity contribution in [3.8, 4) is 5.75 Å². The fourth-order valence-electron chi connectivity index (χ4n) is 2.70. The summed E-state index contributed by atoms with van der Waals surface area (Å²) < 4.78 is 7.96. The minimum atomic E-state index is -0.119. The zero-order chi connectivity index (χ0) is 20.1. The molecule has 0 bridgehead atoms. The highest BCUT2D eigenvalue weighted by Gasteiger charge is 2.17. The fraction of sp³-hybridized carbons (Fsp3) is 0.368. The van der Waals surface area contributed by atoms with E-state index in [2.05, 4.69) is 47.3 Å². The third-order valence-corrected chi connectivity index (χ3v) is 5.58. The van der Waals surface area contributed by atoms with Crippen LogP contribution >= 0.6 is 23.1 Å². The number of nitrogens with zero attached hydrogens (tertiary/aromatic N) is 4. The van der Waals surface area contributed by atoms with E-state index >= 15 is 0 Å². The second-order valence-corrected chi connectivity index (χ2v) is 8.43. The van der Waals surface area contributed by atoms with E-state index in [0.29, 0.717) is 16.9 Å². The molecule has 7 nitrogen and oxygen atoms in total. The van der Waals surface area contributed by atoms with Gasteiger partial charge in [0.2, 0.25) is 5.91 Å². The lowest BCUT2D eigenvalue weighted by Gasteiger charge is -2.15. The number of ether oxygens (including phenoxy) is 1. The van der Waals surface area contributed by atoms with Crippen molar-refractivity contribution in [1.29, 1.82) is 0 Å². The van der Waals surface area contributed by atoms with Crippen molar-refractivity contribution in [2.45, 2.75) is 45.5 Å². The second kappa shape index (κ2) is 9.20. The summed E-state index contributed by atoms with van der Waals surface area (Å²) in [5.41, 5.74) is 2.29. The maximum absolute atomic E-state index is 12.1. The lowest BCUT2D eigenvalue weighted by atomic mass is 10.1. The van der Waals surface area contributed by atoms with Crippen molar-refractivity contribution in [2.75, 3.05) is 11.1 Å². The van der Waals surface area contributed by atoms with Gasteiger partial charge in [0, 0.05) is 17.6 Å². The molecule has 3 rings (SSSR count). The number of nitrogens with one attached hydrogen (secondary N) is 1. The van der Waals surface area contributed by atoms with Crippen LogP contribution in [0.25, 0.3) is 0 Å². The van der Waals surface area contributed by atoms with E-state index in [4.69, 9.17) is 4.74 Å². The first-order chi connectivity index (χ1) is 13.4. The number of carbonyl (C=O) groups excluding carboxylic acids is 1. The molecule has 2 aromatic heterocycles. The molecule has 0 spiro atoms. The number of aryl methyl sites for hydroxylation is 2. The van der Waals surface area contributed by atoms with E-state index in [1.54, 1.807) is 6.20 Å². The van der Waals surface area contributed by atoms with Crippen LogP contribution in [-0.4, -0.2) is 31.4 Å². The van der Waals surface area contributed by atoms with Gasteiger partial charge in [-0.2, -0.15) is 0 Å². The molecule has 0 fully saturated rings. The quantitative estimate of drug-likeness (QED) is 0.552. The molecular formula is C19H23N5O2S2. The zero-order valence-corrected chi connectivity index (χ0v) is 17.9. The predicted molar refractivity (Wildman–Crippen MR) is 112 cm³/mol. The average molecular weight is 418 g/mol. The lowest BCUT2D eigenvalue weighted by Crippen LogP contribution is -2.15. The topological polar surface area (TPSA) is 81.9 Å². The number of rotatable bonds is 8. The third-order valence-electron chi connectivity index (χ3n) is 3.95. The van der Waals surface area contributed by atoms with E-state index in [1.165, 1.54) is 28.7 Å². The molecule has 2 heterocycles. The van der Waals surface area contributed by atoms with E-state index < -0.39 is 0 Å². The Morgan fingerprint density at radius 2 is 2.14 bits per heavy atom. The molecule has 28 heavy (non-hydrogen) atoms. The van der Waals surface area contributed by atoms with Crippen molar-refractivity contribution in [1.82, 2.24) is 19.7 Å². The Morgan fingerprint density at radius 3 is 2.82 bits per heavy atom. The first-order valence-corrected chi connectivity index (χ1v) is 10.8. The number of hydrogen-bond donors (Lipinski definition) is 1. The van der Waals surface area contributed by atoms with Gasteiger partial charge in [-0.25, -0.2) is 4.98 Å². The number of benzene rings is 1. The van der Waals surface area contributed by atoms with Crippen molar-refractivity contribution in [2.24, 2.45) is 0 Å². The molecule has 0 atom stereocenters. The van der Waals surface area contributed by atoms with Gasteiger partial charge in [0.15, 0.2) is 16.1 Å². The normalized spacial score (nSPS) is 11.0. The summed E-state index contributed by atoms with van der Waals surface area (Å²) in [6.45, 7) is 8.52. The Bertz CT molecular complexity index is 938. The van der Waals surface area contributed by atoms with E-state index in [-0.39, 0.29) is 17.7 Å². The summed E-state index contributed by atoms with van der Waals surface area (Å²) >= 11 is 2.74. The van der Waals surface area contributed by atoms with Gasteiger partial charge in [-0.15, -0.1) is 21.5 Å². The number of thioether (sulfide) groups is 1. The first-order valence-electron chi connectivity index (χ1n) is 8.90. The van der Waals surface area contributed by atoms with Crippen molar-refractivity contribution in [3.63, 3.8) is 0 Å². The molecule has 3 aromatic rings. The highest BCUT2D eigenvalue weighted by Crippen LogP contribution is 2.24. The molecule has 1 aromatic carbocycles. The van der Waals surface area contributed by atoms with Crippen LogP contribution in [0.4, 0.5) is 5.13 Å². The van der Waals surface area contributed by atoms with Crippen molar-refractivity contribution in [3.05, 3.63) is 46.7 Å². The summed E-state index contributed by atoms with van der Waals surface area (Å²) in [6.07, 6.45) is 1.66. The Balaban J connectivity index is 1.64. The molecule has 148 valence electrons. The lowest BCUT2D eigenvalue weighted by molar-refractivity contribution is -0.113. The second-order valence-electron chi connectivity index (χ2n) is 6.59. The minimum absolute atomic E-state index is 0.119. The highest BCUT2D eigenvalue weighted by molar-refractivity contribution is 7.99. The first kappa shape index (κ1) is 20.3. The largest absolute Gasteiger partial charge is 0.485 e. The molecule has 0 unspecified atom stereocenters. The van der Waals surface area contributed by atoms with Crippen LogP contribution in [0.3, 0.4) is 0 Å². The zero-order valence-electron chi connectivity index (χ0n) is 16.3. The number of amides is 1. The van der Waals surface area contributed by atoms with E-state index in [0.717, 1.165) is 17.1 Å². The average Bonchev–Trinajstić information content (AvgIpc) is 3.28. The van der Waals surface area contributed by atoms with Crippen LogP contribution in [0.15, 0.2) is 34.9 Å². The van der Waals surface area contributed by atoms with E-state index in [1.807, 2.05) is 29.0 Å². The predicted octanol–water partition coefficient (Wildman–Crippen LogP) is 4.24. The monoisotopic (exact) mass is 417 g/mol. The Labute approximate surface area is 172 Å². The molecule has 0 aliphatic heterocycles. The Morgan fingerprint density at radius 1 is 1.32 bits per heavy atom. The van der Waals surface area contributed by atoms with Crippen LogP contribution in [0.1, 0.15) is 36.8 Å². The van der Waals surface area contributed by atoms with Gasteiger partial charge in [0.1, 0.15) is 12.4 Å². The van der Waals surface area contributed by atoms with Crippen LogP contribution in [0, 0.1) is 13.8 Å². The van der Waals surface area contributed by atoms with E-state index in [9.17, 15) is 4.79 Å². The number of aromatic nitrogens is 4. The summed E-state index contributed by atoms with van der Waals surface area (Å²) in [7, 11) is 0. The van der Waals surface area contributed by atoms with Crippen LogP contribution in [0.5, 0.6) is 5.75 Å². The summed E-state index contributed by atoms with van der Waals surface area (Å²) in [5, 5.41) is 14.4. The Hall–Kier alpha value is -2.39. The number of carbonyl (C=O) groups is 1.